The van der Waals surface area contributed by atoms with Crippen molar-refractivity contribution in [3.8, 4) is 0 Å². The number of carbonyl (C=O) groups is 1. The molecule has 3 aromatic rings. The van der Waals surface area contributed by atoms with Gasteiger partial charge in [0.1, 0.15) is 18.2 Å². The first-order chi connectivity index (χ1) is 10.2. The molecule has 2 N–H and O–H groups in total. The number of carboxylic acid groups (broad SMARTS) is 1. The third-order valence-electron chi connectivity index (χ3n) is 3.23. The van der Waals surface area contributed by atoms with Gasteiger partial charge in [0.15, 0.2) is 5.65 Å². The van der Waals surface area contributed by atoms with Gasteiger partial charge in [-0.2, -0.15) is 5.10 Å². The van der Waals surface area contributed by atoms with Crippen molar-refractivity contribution < 1.29 is 9.90 Å². The largest absolute Gasteiger partial charge is 0.480 e. The molecule has 0 aliphatic carbocycles. The molecule has 7 heteroatoms. The van der Waals surface area contributed by atoms with E-state index < -0.39 is 12.0 Å². The van der Waals surface area contributed by atoms with E-state index >= 15 is 0 Å². The number of aromatic nitrogens is 4. The Morgan fingerprint density at radius 2 is 2.05 bits per heavy atom. The van der Waals surface area contributed by atoms with E-state index in [4.69, 9.17) is 0 Å². The summed E-state index contributed by atoms with van der Waals surface area (Å²) in [6, 6.07) is 8.48. The van der Waals surface area contributed by atoms with Gasteiger partial charge in [-0.05, 0) is 19.1 Å². The first-order valence-electron chi connectivity index (χ1n) is 6.39. The Morgan fingerprint density at radius 1 is 1.29 bits per heavy atom. The molecule has 0 spiro atoms. The van der Waals surface area contributed by atoms with Gasteiger partial charge in [0.05, 0.1) is 11.6 Å². The fourth-order valence-corrected chi connectivity index (χ4v) is 2.17. The van der Waals surface area contributed by atoms with Crippen molar-refractivity contribution in [2.24, 2.45) is 0 Å². The van der Waals surface area contributed by atoms with Gasteiger partial charge in [0, 0.05) is 5.69 Å². The highest BCUT2D eigenvalue weighted by molar-refractivity contribution is 5.92. The highest BCUT2D eigenvalue weighted by Crippen LogP contribution is 2.30. The molecule has 1 unspecified atom stereocenters. The lowest BCUT2D eigenvalue weighted by molar-refractivity contribution is -0.138. The third kappa shape index (κ3) is 2.29. The number of nitrogens with zero attached hydrogens (tertiary/aromatic N) is 4. The average molecular weight is 283 g/mol. The molecule has 2 heterocycles. The molecule has 1 atom stereocenters. The summed E-state index contributed by atoms with van der Waals surface area (Å²) in [6.45, 7) is 1.61. The maximum atomic E-state index is 11.5. The second-order valence-electron chi connectivity index (χ2n) is 4.55. The highest BCUT2D eigenvalue weighted by atomic mass is 16.4. The van der Waals surface area contributed by atoms with Crippen molar-refractivity contribution >= 4 is 28.5 Å². The normalized spacial score (nSPS) is 12.2. The van der Waals surface area contributed by atoms with E-state index in [2.05, 4.69) is 20.2 Å². The van der Waals surface area contributed by atoms with Crippen LogP contribution in [0.5, 0.6) is 0 Å². The topological polar surface area (TPSA) is 95.0 Å². The monoisotopic (exact) mass is 283 g/mol. The summed E-state index contributed by atoms with van der Waals surface area (Å²) in [4.78, 5) is 21.4. The van der Waals surface area contributed by atoms with Crippen molar-refractivity contribution in [1.82, 2.24) is 20.2 Å². The molecule has 0 amide bonds. The number of nitrogens with one attached hydrogen (secondary N) is 1. The number of aromatic amines is 1. The SMILES string of the molecule is CC(C(=O)O)N(c1ccccc1)c1ncnc2[nH]ncc12. The quantitative estimate of drug-likeness (QED) is 0.760. The zero-order chi connectivity index (χ0) is 14.8. The molecule has 0 radical (unpaired) electrons. The molecular formula is C14H13N5O2. The molecule has 0 bridgehead atoms. The standard InChI is InChI=1S/C14H13N5O2/c1-9(14(20)21)19(10-5-3-2-4-6-10)13-11-7-17-18-12(11)15-8-16-13/h2-9H,1H3,(H,20,21)(H,15,16,17,18). The molecule has 3 rings (SSSR count). The van der Waals surface area contributed by atoms with Crippen molar-refractivity contribution in [2.45, 2.75) is 13.0 Å². The summed E-state index contributed by atoms with van der Waals surface area (Å²) in [7, 11) is 0. The van der Waals surface area contributed by atoms with Gasteiger partial charge < -0.3 is 10.0 Å². The summed E-state index contributed by atoms with van der Waals surface area (Å²) in [5, 5.41) is 16.8. The molecule has 2 aromatic heterocycles. The molecule has 0 saturated carbocycles. The summed E-state index contributed by atoms with van der Waals surface area (Å²) in [5.41, 5.74) is 1.31. The Morgan fingerprint density at radius 3 is 2.76 bits per heavy atom. The first kappa shape index (κ1) is 13.0. The number of H-pyrrole nitrogens is 1. The van der Waals surface area contributed by atoms with Gasteiger partial charge >= 0.3 is 5.97 Å². The summed E-state index contributed by atoms with van der Waals surface area (Å²) in [6.07, 6.45) is 2.98. The second kappa shape index (κ2) is 5.20. The number of hydrogen-bond acceptors (Lipinski definition) is 5. The van der Waals surface area contributed by atoms with Crippen LogP contribution in [0.25, 0.3) is 11.0 Å². The number of benzene rings is 1. The number of carboxylic acids is 1. The fraction of sp³-hybridized carbons (Fsp3) is 0.143. The van der Waals surface area contributed by atoms with Crippen molar-refractivity contribution in [3.05, 3.63) is 42.9 Å². The van der Waals surface area contributed by atoms with Gasteiger partial charge in [0.25, 0.3) is 0 Å². The van der Waals surface area contributed by atoms with Crippen LogP contribution in [0.4, 0.5) is 11.5 Å². The van der Waals surface area contributed by atoms with E-state index in [1.165, 1.54) is 6.33 Å². The van der Waals surface area contributed by atoms with Gasteiger partial charge in [0.2, 0.25) is 0 Å². The number of para-hydroxylation sites is 1. The molecule has 0 aliphatic rings. The number of anilines is 2. The van der Waals surface area contributed by atoms with Gasteiger partial charge in [-0.3, -0.25) is 5.10 Å². The second-order valence-corrected chi connectivity index (χ2v) is 4.55. The zero-order valence-electron chi connectivity index (χ0n) is 11.3. The van der Waals surface area contributed by atoms with Crippen LogP contribution in [-0.2, 0) is 4.79 Å². The molecule has 1 aromatic carbocycles. The lowest BCUT2D eigenvalue weighted by Crippen LogP contribution is -2.36. The predicted molar refractivity (Wildman–Crippen MR) is 77.4 cm³/mol. The van der Waals surface area contributed by atoms with Crippen molar-refractivity contribution in [1.29, 1.82) is 0 Å². The van der Waals surface area contributed by atoms with E-state index in [0.29, 0.717) is 16.9 Å². The van der Waals surface area contributed by atoms with E-state index in [0.717, 1.165) is 5.69 Å². The van der Waals surface area contributed by atoms with E-state index in [1.807, 2.05) is 30.3 Å². The number of aliphatic carboxylic acids is 1. The Labute approximate surface area is 120 Å². The predicted octanol–water partition coefficient (Wildman–Crippen LogP) is 1.96. The van der Waals surface area contributed by atoms with Gasteiger partial charge in [-0.15, -0.1) is 0 Å². The third-order valence-corrected chi connectivity index (χ3v) is 3.23. The summed E-state index contributed by atoms with van der Waals surface area (Å²) >= 11 is 0. The van der Waals surface area contributed by atoms with Crippen LogP contribution in [-0.4, -0.2) is 37.3 Å². The summed E-state index contributed by atoms with van der Waals surface area (Å²) in [5.74, 6) is -0.427. The van der Waals surface area contributed by atoms with E-state index in [1.54, 1.807) is 18.0 Å². The zero-order valence-corrected chi connectivity index (χ0v) is 11.3. The number of hydrogen-bond donors (Lipinski definition) is 2. The van der Waals surface area contributed by atoms with Crippen LogP contribution in [0, 0.1) is 0 Å². The van der Waals surface area contributed by atoms with Gasteiger partial charge in [-0.1, -0.05) is 18.2 Å². The Kier molecular flexibility index (Phi) is 3.23. The van der Waals surface area contributed by atoms with Crippen LogP contribution >= 0.6 is 0 Å². The van der Waals surface area contributed by atoms with Crippen LogP contribution in [0.3, 0.4) is 0 Å². The smallest absolute Gasteiger partial charge is 0.326 e. The van der Waals surface area contributed by atoms with E-state index in [9.17, 15) is 9.90 Å². The fourth-order valence-electron chi connectivity index (χ4n) is 2.17. The molecule has 7 nitrogen and oxygen atoms in total. The Balaban J connectivity index is 2.20. The average Bonchev–Trinajstić information content (AvgIpc) is 2.97. The Hall–Kier alpha value is -2.96. The van der Waals surface area contributed by atoms with Crippen LogP contribution < -0.4 is 4.90 Å². The van der Waals surface area contributed by atoms with E-state index in [-0.39, 0.29) is 0 Å². The highest BCUT2D eigenvalue weighted by Gasteiger charge is 2.25. The van der Waals surface area contributed by atoms with Crippen LogP contribution in [0.1, 0.15) is 6.92 Å². The number of fused-ring (bicyclic) bond motifs is 1. The lowest BCUT2D eigenvalue weighted by Gasteiger charge is -2.27. The van der Waals surface area contributed by atoms with Crippen LogP contribution in [0.15, 0.2) is 42.9 Å². The summed E-state index contributed by atoms with van der Waals surface area (Å²) < 4.78 is 0. The molecule has 21 heavy (non-hydrogen) atoms. The maximum absolute atomic E-state index is 11.5. The number of rotatable bonds is 4. The Bertz CT molecular complexity index is 771. The molecular weight excluding hydrogens is 270 g/mol. The van der Waals surface area contributed by atoms with Crippen LogP contribution in [0.2, 0.25) is 0 Å². The minimum atomic E-state index is -0.936. The minimum Gasteiger partial charge on any atom is -0.480 e. The minimum absolute atomic E-state index is 0.509. The molecule has 106 valence electrons. The van der Waals surface area contributed by atoms with Crippen molar-refractivity contribution in [2.75, 3.05) is 4.90 Å². The molecule has 0 saturated heterocycles. The first-order valence-corrected chi connectivity index (χ1v) is 6.39. The maximum Gasteiger partial charge on any atom is 0.326 e. The van der Waals surface area contributed by atoms with Crippen molar-refractivity contribution in [3.63, 3.8) is 0 Å². The molecule has 0 aliphatic heterocycles. The lowest BCUT2D eigenvalue weighted by atomic mass is 10.2. The van der Waals surface area contributed by atoms with Gasteiger partial charge in [-0.25, -0.2) is 14.8 Å². The molecule has 0 fully saturated rings.